The van der Waals surface area contributed by atoms with E-state index in [0.717, 1.165) is 24.0 Å². The van der Waals surface area contributed by atoms with Crippen LogP contribution in [0.15, 0.2) is 84.9 Å². The number of unbranched alkanes of at least 4 members (excludes halogenated alkanes) is 1. The topological polar surface area (TPSA) is 58.2 Å². The molecule has 0 saturated heterocycles. The van der Waals surface area contributed by atoms with Gasteiger partial charge in [0.15, 0.2) is 0 Å². The minimum absolute atomic E-state index is 0.00355. The lowest BCUT2D eigenvalue weighted by atomic mass is 9.87. The third kappa shape index (κ3) is 9.78. The lowest BCUT2D eigenvalue weighted by molar-refractivity contribution is -0.121. The zero-order valence-corrected chi connectivity index (χ0v) is 23.0. The number of halogens is 2. The SMILES string of the molecule is CC(C)(C)c1ccc(C(=O)NC/C=C\CNC(=O)CCCCC(c2ccc(F)cc2)c2ccc(F)cc2)cc1. The largest absolute Gasteiger partial charge is 0.353 e. The Morgan fingerprint density at radius 1 is 0.744 bits per heavy atom. The molecule has 3 aromatic rings. The average molecular weight is 533 g/mol. The summed E-state index contributed by atoms with van der Waals surface area (Å²) in [6, 6.07) is 20.4. The van der Waals surface area contributed by atoms with Crippen molar-refractivity contribution in [2.75, 3.05) is 13.1 Å². The van der Waals surface area contributed by atoms with E-state index < -0.39 is 0 Å². The van der Waals surface area contributed by atoms with E-state index >= 15 is 0 Å². The summed E-state index contributed by atoms with van der Waals surface area (Å²) < 4.78 is 26.8. The van der Waals surface area contributed by atoms with Crippen molar-refractivity contribution in [1.29, 1.82) is 0 Å². The zero-order chi connectivity index (χ0) is 28.3. The molecule has 39 heavy (non-hydrogen) atoms. The van der Waals surface area contributed by atoms with Crippen LogP contribution in [0, 0.1) is 11.6 Å². The standard InChI is InChI=1S/C33H38F2N2O2/c1-33(2,3)27-16-10-26(11-17-27)32(39)37-23-7-6-22-36-31(38)9-5-4-8-30(24-12-18-28(34)19-13-24)25-14-20-29(35)21-15-25/h6-7,10-21,30H,4-5,8-9,22-23H2,1-3H3,(H,36,38)(H,37,39)/b7-6-. The number of hydrogen-bond donors (Lipinski definition) is 2. The fourth-order valence-corrected chi connectivity index (χ4v) is 4.35. The van der Waals surface area contributed by atoms with Gasteiger partial charge in [0.25, 0.3) is 5.91 Å². The van der Waals surface area contributed by atoms with Crippen LogP contribution < -0.4 is 10.6 Å². The van der Waals surface area contributed by atoms with Gasteiger partial charge in [-0.1, -0.05) is 75.7 Å². The van der Waals surface area contributed by atoms with Gasteiger partial charge in [-0.05, 0) is 71.3 Å². The molecule has 2 amide bonds. The molecule has 0 radical (unpaired) electrons. The van der Waals surface area contributed by atoms with E-state index in [1.165, 1.54) is 29.8 Å². The summed E-state index contributed by atoms with van der Waals surface area (Å²) in [6.45, 7) is 7.17. The molecule has 0 unspecified atom stereocenters. The predicted molar refractivity (Wildman–Crippen MR) is 153 cm³/mol. The van der Waals surface area contributed by atoms with Crippen molar-refractivity contribution >= 4 is 11.8 Å². The molecule has 0 bridgehead atoms. The Labute approximate surface area is 230 Å². The summed E-state index contributed by atoms with van der Waals surface area (Å²) in [6.07, 6.45) is 6.30. The summed E-state index contributed by atoms with van der Waals surface area (Å²) in [5.74, 6) is -0.762. The summed E-state index contributed by atoms with van der Waals surface area (Å²) >= 11 is 0. The van der Waals surface area contributed by atoms with Crippen molar-refractivity contribution in [3.05, 3.63) is 119 Å². The highest BCUT2D eigenvalue weighted by Crippen LogP contribution is 2.30. The normalized spacial score (nSPS) is 11.6. The fraction of sp³-hybridized carbons (Fsp3) is 0.333. The number of nitrogens with one attached hydrogen (secondary N) is 2. The first-order valence-corrected chi connectivity index (χ1v) is 13.4. The third-order valence-electron chi connectivity index (χ3n) is 6.67. The van der Waals surface area contributed by atoms with Gasteiger partial charge >= 0.3 is 0 Å². The van der Waals surface area contributed by atoms with Gasteiger partial charge < -0.3 is 10.6 Å². The van der Waals surface area contributed by atoms with Gasteiger partial charge in [0.1, 0.15) is 11.6 Å². The molecule has 0 heterocycles. The fourth-order valence-electron chi connectivity index (χ4n) is 4.35. The highest BCUT2D eigenvalue weighted by molar-refractivity contribution is 5.94. The lowest BCUT2D eigenvalue weighted by Crippen LogP contribution is -2.25. The molecule has 0 aliphatic heterocycles. The Hall–Kier alpha value is -3.80. The van der Waals surface area contributed by atoms with Crippen LogP contribution in [0.2, 0.25) is 0 Å². The third-order valence-corrected chi connectivity index (χ3v) is 6.67. The Balaban J connectivity index is 1.35. The number of rotatable bonds is 12. The molecule has 4 nitrogen and oxygen atoms in total. The average Bonchev–Trinajstić information content (AvgIpc) is 2.91. The van der Waals surface area contributed by atoms with Crippen LogP contribution in [0.5, 0.6) is 0 Å². The van der Waals surface area contributed by atoms with Crippen LogP contribution in [0.3, 0.4) is 0 Å². The Kier molecular flexibility index (Phi) is 11.0. The second kappa shape index (κ2) is 14.4. The second-order valence-corrected chi connectivity index (χ2v) is 10.7. The summed E-state index contributed by atoms with van der Waals surface area (Å²) in [5, 5.41) is 5.72. The van der Waals surface area contributed by atoms with Gasteiger partial charge in [-0.2, -0.15) is 0 Å². The van der Waals surface area contributed by atoms with Gasteiger partial charge in [0.05, 0.1) is 0 Å². The first-order valence-electron chi connectivity index (χ1n) is 13.4. The number of benzene rings is 3. The summed E-state index contributed by atoms with van der Waals surface area (Å²) in [5.41, 5.74) is 3.76. The van der Waals surface area contributed by atoms with Crippen LogP contribution in [0.1, 0.15) is 79.4 Å². The molecule has 0 fully saturated rings. The first kappa shape index (κ1) is 29.8. The first-order chi connectivity index (χ1) is 18.6. The van der Waals surface area contributed by atoms with E-state index in [2.05, 4.69) is 31.4 Å². The monoisotopic (exact) mass is 532 g/mol. The highest BCUT2D eigenvalue weighted by atomic mass is 19.1. The Bertz CT molecular complexity index is 1180. The molecule has 0 aliphatic rings. The summed E-state index contributed by atoms with van der Waals surface area (Å²) in [7, 11) is 0. The smallest absolute Gasteiger partial charge is 0.251 e. The predicted octanol–water partition coefficient (Wildman–Crippen LogP) is 7.06. The quantitative estimate of drug-likeness (QED) is 0.194. The molecule has 2 N–H and O–H groups in total. The van der Waals surface area contributed by atoms with Crippen molar-refractivity contribution in [2.24, 2.45) is 0 Å². The van der Waals surface area contributed by atoms with E-state index in [1.54, 1.807) is 24.3 Å². The van der Waals surface area contributed by atoms with E-state index in [0.29, 0.717) is 31.5 Å². The van der Waals surface area contributed by atoms with Crippen LogP contribution in [-0.4, -0.2) is 24.9 Å². The van der Waals surface area contributed by atoms with E-state index in [9.17, 15) is 18.4 Å². The van der Waals surface area contributed by atoms with Crippen molar-refractivity contribution in [3.63, 3.8) is 0 Å². The Morgan fingerprint density at radius 2 is 1.26 bits per heavy atom. The maximum Gasteiger partial charge on any atom is 0.251 e. The maximum absolute atomic E-state index is 13.4. The van der Waals surface area contributed by atoms with Gasteiger partial charge in [0.2, 0.25) is 5.91 Å². The molecule has 3 aromatic carbocycles. The molecular weight excluding hydrogens is 494 g/mol. The molecule has 3 rings (SSSR count). The van der Waals surface area contributed by atoms with Crippen LogP contribution in [0.25, 0.3) is 0 Å². The zero-order valence-electron chi connectivity index (χ0n) is 23.0. The second-order valence-electron chi connectivity index (χ2n) is 10.7. The summed E-state index contributed by atoms with van der Waals surface area (Å²) in [4.78, 5) is 24.5. The minimum Gasteiger partial charge on any atom is -0.353 e. The molecule has 0 saturated carbocycles. The van der Waals surface area contributed by atoms with Crippen molar-refractivity contribution in [2.45, 2.75) is 57.8 Å². The van der Waals surface area contributed by atoms with E-state index in [4.69, 9.17) is 0 Å². The van der Waals surface area contributed by atoms with Gasteiger partial charge in [-0.25, -0.2) is 8.78 Å². The molecule has 0 aliphatic carbocycles. The van der Waals surface area contributed by atoms with E-state index in [1.807, 2.05) is 36.4 Å². The molecule has 6 heteroatoms. The van der Waals surface area contributed by atoms with Crippen LogP contribution in [-0.2, 0) is 10.2 Å². The minimum atomic E-state index is -0.296. The molecule has 0 aromatic heterocycles. The Morgan fingerprint density at radius 3 is 1.77 bits per heavy atom. The lowest BCUT2D eigenvalue weighted by Gasteiger charge is -2.19. The van der Waals surface area contributed by atoms with Crippen molar-refractivity contribution in [3.8, 4) is 0 Å². The van der Waals surface area contributed by atoms with E-state index in [-0.39, 0.29) is 34.8 Å². The molecule has 0 spiro atoms. The van der Waals surface area contributed by atoms with Crippen LogP contribution in [0.4, 0.5) is 8.78 Å². The highest BCUT2D eigenvalue weighted by Gasteiger charge is 2.15. The van der Waals surface area contributed by atoms with Crippen LogP contribution >= 0.6 is 0 Å². The molecule has 0 atom stereocenters. The number of amides is 2. The number of carbonyl (C=O) groups is 2. The van der Waals surface area contributed by atoms with Gasteiger partial charge in [-0.15, -0.1) is 0 Å². The maximum atomic E-state index is 13.4. The number of carbonyl (C=O) groups excluding carboxylic acids is 2. The number of hydrogen-bond acceptors (Lipinski definition) is 2. The van der Waals surface area contributed by atoms with Crippen molar-refractivity contribution in [1.82, 2.24) is 10.6 Å². The van der Waals surface area contributed by atoms with Gasteiger partial charge in [-0.3, -0.25) is 9.59 Å². The molecule has 206 valence electrons. The van der Waals surface area contributed by atoms with Crippen molar-refractivity contribution < 1.29 is 18.4 Å². The van der Waals surface area contributed by atoms with Gasteiger partial charge in [0, 0.05) is 31.0 Å². The molecular formula is C33H38F2N2O2.